The molecule has 3 rings (SSSR count). The Morgan fingerprint density at radius 2 is 1.65 bits per heavy atom. The SMILES string of the molecule is CO[C@@H]1O[C@@H](C)[C@H](OC(C)=O)/C(=N\NS(=O)(=O)c2ccc(C)cc2)[C@@H]1OC(=O)c1ccccc1. The smallest absolute Gasteiger partial charge is 0.338 e. The zero-order chi connectivity index (χ0) is 24.9. The van der Waals surface area contributed by atoms with Crippen LogP contribution in [0.3, 0.4) is 0 Å². The summed E-state index contributed by atoms with van der Waals surface area (Å²) in [6.45, 7) is 4.61. The Morgan fingerprint density at radius 1 is 1.00 bits per heavy atom. The number of benzene rings is 2. The third-order valence-corrected chi connectivity index (χ3v) is 6.22. The van der Waals surface area contributed by atoms with E-state index in [0.717, 1.165) is 5.56 Å². The molecule has 2 aromatic carbocycles. The molecule has 1 aliphatic rings. The van der Waals surface area contributed by atoms with E-state index in [1.54, 1.807) is 49.4 Å². The minimum absolute atomic E-state index is 0.0206. The highest BCUT2D eigenvalue weighted by atomic mass is 32.2. The summed E-state index contributed by atoms with van der Waals surface area (Å²) in [4.78, 5) is 26.6. The third-order valence-electron chi connectivity index (χ3n) is 5.00. The molecule has 0 saturated carbocycles. The monoisotopic (exact) mass is 490 g/mol. The van der Waals surface area contributed by atoms with Gasteiger partial charge in [0.2, 0.25) is 6.29 Å². The third kappa shape index (κ3) is 5.99. The van der Waals surface area contributed by atoms with Crippen LogP contribution < -0.4 is 4.83 Å². The van der Waals surface area contributed by atoms with E-state index in [2.05, 4.69) is 9.93 Å². The highest BCUT2D eigenvalue weighted by molar-refractivity contribution is 7.89. The predicted octanol–water partition coefficient (Wildman–Crippen LogP) is 2.18. The lowest BCUT2D eigenvalue weighted by molar-refractivity contribution is -0.218. The van der Waals surface area contributed by atoms with E-state index in [4.69, 9.17) is 18.9 Å². The molecule has 0 aliphatic carbocycles. The highest BCUT2D eigenvalue weighted by Gasteiger charge is 2.46. The summed E-state index contributed by atoms with van der Waals surface area (Å²) in [7, 11) is -2.74. The van der Waals surface area contributed by atoms with Gasteiger partial charge in [0, 0.05) is 14.0 Å². The molecule has 10 nitrogen and oxygen atoms in total. The van der Waals surface area contributed by atoms with Crippen molar-refractivity contribution in [3.05, 3.63) is 65.7 Å². The molecule has 34 heavy (non-hydrogen) atoms. The Hall–Kier alpha value is -3.28. The lowest BCUT2D eigenvalue weighted by Gasteiger charge is -2.39. The Morgan fingerprint density at radius 3 is 2.24 bits per heavy atom. The molecule has 1 heterocycles. The van der Waals surface area contributed by atoms with Crippen molar-refractivity contribution >= 4 is 27.7 Å². The van der Waals surface area contributed by atoms with E-state index in [-0.39, 0.29) is 16.2 Å². The molecule has 1 saturated heterocycles. The zero-order valence-corrected chi connectivity index (χ0v) is 19.9. The second kappa shape index (κ2) is 10.8. The van der Waals surface area contributed by atoms with Crippen molar-refractivity contribution in [1.82, 2.24) is 4.83 Å². The van der Waals surface area contributed by atoms with Crippen molar-refractivity contribution in [3.63, 3.8) is 0 Å². The number of hydrazone groups is 1. The maximum atomic E-state index is 12.8. The van der Waals surface area contributed by atoms with Crippen molar-refractivity contribution in [1.29, 1.82) is 0 Å². The van der Waals surface area contributed by atoms with Crippen molar-refractivity contribution < 1.29 is 37.0 Å². The quantitative estimate of drug-likeness (QED) is 0.462. The minimum Gasteiger partial charge on any atom is -0.453 e. The molecule has 0 radical (unpaired) electrons. The van der Waals surface area contributed by atoms with Gasteiger partial charge in [-0.25, -0.2) is 4.79 Å². The van der Waals surface area contributed by atoms with Gasteiger partial charge in [-0.1, -0.05) is 35.9 Å². The molecule has 0 unspecified atom stereocenters. The molecule has 4 atom stereocenters. The number of nitrogens with one attached hydrogen (secondary N) is 1. The summed E-state index contributed by atoms with van der Waals surface area (Å²) in [6, 6.07) is 14.3. The number of carbonyl (C=O) groups excluding carboxylic acids is 2. The van der Waals surface area contributed by atoms with Gasteiger partial charge in [0.05, 0.1) is 10.5 Å². The lowest BCUT2D eigenvalue weighted by Crippen LogP contribution is -2.57. The van der Waals surface area contributed by atoms with Crippen LogP contribution in [0.4, 0.5) is 0 Å². The summed E-state index contributed by atoms with van der Waals surface area (Å²) in [5.41, 5.74) is 1.05. The first kappa shape index (κ1) is 25.3. The molecule has 0 aromatic heterocycles. The Labute approximate surface area is 197 Å². The fourth-order valence-corrected chi connectivity index (χ4v) is 4.12. The number of hydrogen-bond donors (Lipinski definition) is 1. The van der Waals surface area contributed by atoms with Gasteiger partial charge >= 0.3 is 11.9 Å². The number of ether oxygens (including phenoxy) is 4. The molecule has 0 spiro atoms. The summed E-state index contributed by atoms with van der Waals surface area (Å²) in [5.74, 6) is -1.37. The van der Waals surface area contributed by atoms with Crippen molar-refractivity contribution in [2.45, 2.75) is 50.3 Å². The molecule has 1 aliphatic heterocycles. The first-order chi connectivity index (χ1) is 16.1. The fraction of sp³-hybridized carbons (Fsp3) is 0.348. The number of nitrogens with zero attached hydrogens (tertiary/aromatic N) is 1. The van der Waals surface area contributed by atoms with Gasteiger partial charge in [0.15, 0.2) is 12.2 Å². The molecule has 1 N–H and O–H groups in total. The average Bonchev–Trinajstić information content (AvgIpc) is 2.81. The van der Waals surface area contributed by atoms with Crippen LogP contribution in [0.25, 0.3) is 0 Å². The number of methoxy groups -OCH3 is 1. The van der Waals surface area contributed by atoms with Crippen LogP contribution in [0.2, 0.25) is 0 Å². The van der Waals surface area contributed by atoms with Crippen molar-refractivity contribution in [2.75, 3.05) is 7.11 Å². The minimum atomic E-state index is -4.07. The standard InChI is InChI=1S/C23H26N2O8S/c1-14-10-12-18(13-11-14)34(28,29)25-24-19-20(32-16(3)26)15(2)31-23(30-4)21(19)33-22(27)17-8-6-5-7-9-17/h5-13,15,20-21,23,25H,1-4H3/b24-19+/t15-,20-,21-,23+/m0/s1. The van der Waals surface area contributed by atoms with Gasteiger partial charge < -0.3 is 18.9 Å². The van der Waals surface area contributed by atoms with Crippen LogP contribution in [0, 0.1) is 6.92 Å². The van der Waals surface area contributed by atoms with E-state index < -0.39 is 46.6 Å². The molecular weight excluding hydrogens is 464 g/mol. The van der Waals surface area contributed by atoms with Gasteiger partial charge in [-0.05, 0) is 38.1 Å². The Kier molecular flexibility index (Phi) is 8.02. The van der Waals surface area contributed by atoms with E-state index in [1.165, 1.54) is 26.2 Å². The Balaban J connectivity index is 1.99. The second-order valence-electron chi connectivity index (χ2n) is 7.61. The molecule has 0 amide bonds. The summed E-state index contributed by atoms with van der Waals surface area (Å²) >= 11 is 0. The number of aryl methyl sites for hydroxylation is 1. The number of rotatable bonds is 7. The van der Waals surface area contributed by atoms with Crippen LogP contribution in [0.1, 0.15) is 29.8 Å². The summed E-state index contributed by atoms with van der Waals surface area (Å²) < 4.78 is 47.6. The topological polar surface area (TPSA) is 130 Å². The van der Waals surface area contributed by atoms with E-state index in [9.17, 15) is 18.0 Å². The number of esters is 2. The molecule has 11 heteroatoms. The molecule has 2 aromatic rings. The van der Waals surface area contributed by atoms with E-state index in [0.29, 0.717) is 0 Å². The first-order valence-electron chi connectivity index (χ1n) is 10.4. The lowest BCUT2D eigenvalue weighted by atomic mass is 10.00. The maximum absolute atomic E-state index is 12.8. The van der Waals surface area contributed by atoms with Crippen molar-refractivity contribution in [2.24, 2.45) is 5.10 Å². The van der Waals surface area contributed by atoms with Crippen LogP contribution in [-0.4, -0.2) is 57.8 Å². The highest BCUT2D eigenvalue weighted by Crippen LogP contribution is 2.25. The second-order valence-corrected chi connectivity index (χ2v) is 9.27. The molecule has 0 bridgehead atoms. The van der Waals surface area contributed by atoms with Crippen LogP contribution >= 0.6 is 0 Å². The predicted molar refractivity (Wildman–Crippen MR) is 121 cm³/mol. The van der Waals surface area contributed by atoms with Gasteiger partial charge in [0.1, 0.15) is 11.8 Å². The zero-order valence-electron chi connectivity index (χ0n) is 19.1. The largest absolute Gasteiger partial charge is 0.453 e. The van der Waals surface area contributed by atoms with E-state index >= 15 is 0 Å². The molecule has 182 valence electrons. The summed E-state index contributed by atoms with van der Waals surface area (Å²) in [5, 5.41) is 4.03. The van der Waals surface area contributed by atoms with Gasteiger partial charge in [-0.2, -0.15) is 18.4 Å². The first-order valence-corrected chi connectivity index (χ1v) is 11.9. The van der Waals surface area contributed by atoms with Crippen LogP contribution in [0.15, 0.2) is 64.6 Å². The van der Waals surface area contributed by atoms with Crippen LogP contribution in [-0.2, 0) is 33.8 Å². The number of hydrogen-bond acceptors (Lipinski definition) is 9. The number of carbonyl (C=O) groups is 2. The Bertz CT molecular complexity index is 1150. The number of sulfonamides is 1. The van der Waals surface area contributed by atoms with Gasteiger partial charge in [0.25, 0.3) is 10.0 Å². The van der Waals surface area contributed by atoms with E-state index in [1.807, 2.05) is 6.92 Å². The van der Waals surface area contributed by atoms with Crippen molar-refractivity contribution in [3.8, 4) is 0 Å². The van der Waals surface area contributed by atoms with Gasteiger partial charge in [-0.3, -0.25) is 4.79 Å². The van der Waals surface area contributed by atoms with Gasteiger partial charge in [-0.15, -0.1) is 0 Å². The molecular formula is C23H26N2O8S. The average molecular weight is 491 g/mol. The normalized spacial score (nSPS) is 23.8. The fourth-order valence-electron chi connectivity index (χ4n) is 3.29. The van der Waals surface area contributed by atoms with Crippen LogP contribution in [0.5, 0.6) is 0 Å². The summed E-state index contributed by atoms with van der Waals surface area (Å²) in [6.07, 6.45) is -4.35. The molecule has 1 fully saturated rings. The maximum Gasteiger partial charge on any atom is 0.338 e.